The van der Waals surface area contributed by atoms with Crippen molar-refractivity contribution < 1.29 is 13.5 Å². The minimum absolute atomic E-state index is 0.212. The van der Waals surface area contributed by atoms with Crippen LogP contribution in [-0.2, 0) is 10.0 Å². The molecule has 0 heterocycles. The van der Waals surface area contributed by atoms with E-state index in [1.807, 2.05) is 13.8 Å². The van der Waals surface area contributed by atoms with E-state index < -0.39 is 16.1 Å². The van der Waals surface area contributed by atoms with Gasteiger partial charge in [-0.15, -0.1) is 0 Å². The van der Waals surface area contributed by atoms with E-state index in [0.717, 1.165) is 0 Å². The molecule has 0 amide bonds. The average molecular weight is 272 g/mol. The van der Waals surface area contributed by atoms with Crippen molar-refractivity contribution >= 4 is 15.7 Å². The van der Waals surface area contributed by atoms with Gasteiger partial charge < -0.3 is 10.4 Å². The zero-order valence-electron chi connectivity index (χ0n) is 10.6. The fourth-order valence-corrected chi connectivity index (χ4v) is 2.61. The number of aliphatic hydroxyl groups is 1. The summed E-state index contributed by atoms with van der Waals surface area (Å²) in [6, 6.07) is 8.83. The van der Waals surface area contributed by atoms with Crippen LogP contribution in [0.4, 0.5) is 5.69 Å². The molecule has 0 bridgehead atoms. The number of aliphatic hydroxyl groups excluding tert-OH is 1. The molecule has 6 heteroatoms. The van der Waals surface area contributed by atoms with Crippen molar-refractivity contribution in [1.82, 2.24) is 5.32 Å². The van der Waals surface area contributed by atoms with Crippen molar-refractivity contribution in [2.24, 2.45) is 0 Å². The van der Waals surface area contributed by atoms with Crippen LogP contribution in [-0.4, -0.2) is 38.0 Å². The minimum Gasteiger partial charge on any atom is -0.391 e. The Labute approximate surface area is 108 Å². The number of nitrogens with one attached hydrogen (secondary N) is 2. The SMILES string of the molecule is CC(C)NCC(O)CS(=O)(=O)Nc1ccccc1. The second-order valence-electron chi connectivity index (χ2n) is 4.47. The molecule has 3 N–H and O–H groups in total. The van der Waals surface area contributed by atoms with Crippen LogP contribution in [0.15, 0.2) is 30.3 Å². The smallest absolute Gasteiger partial charge is 0.235 e. The Bertz CT molecular complexity index is 446. The van der Waals surface area contributed by atoms with E-state index in [0.29, 0.717) is 5.69 Å². The normalized spacial score (nSPS) is 13.6. The predicted octanol–water partition coefficient (Wildman–Crippen LogP) is 0.787. The number of hydrogen-bond acceptors (Lipinski definition) is 4. The molecule has 1 unspecified atom stereocenters. The molecule has 1 aromatic carbocycles. The highest BCUT2D eigenvalue weighted by Crippen LogP contribution is 2.08. The van der Waals surface area contributed by atoms with E-state index in [1.165, 1.54) is 0 Å². The van der Waals surface area contributed by atoms with Gasteiger partial charge in [-0.05, 0) is 12.1 Å². The molecule has 0 radical (unpaired) electrons. The molecular formula is C12H20N2O3S. The van der Waals surface area contributed by atoms with Crippen LogP contribution < -0.4 is 10.0 Å². The van der Waals surface area contributed by atoms with Gasteiger partial charge in [0.2, 0.25) is 10.0 Å². The van der Waals surface area contributed by atoms with Gasteiger partial charge in [0, 0.05) is 18.3 Å². The Morgan fingerprint density at radius 3 is 2.39 bits per heavy atom. The molecule has 1 atom stereocenters. The van der Waals surface area contributed by atoms with Gasteiger partial charge in [-0.1, -0.05) is 32.0 Å². The van der Waals surface area contributed by atoms with Gasteiger partial charge in [-0.3, -0.25) is 4.72 Å². The summed E-state index contributed by atoms with van der Waals surface area (Å²) in [5.41, 5.74) is 0.501. The molecule has 1 rings (SSSR count). The third kappa shape index (κ3) is 6.00. The molecule has 102 valence electrons. The van der Waals surface area contributed by atoms with E-state index in [9.17, 15) is 13.5 Å². The topological polar surface area (TPSA) is 78.4 Å². The van der Waals surface area contributed by atoms with Crippen LogP contribution in [0.1, 0.15) is 13.8 Å². The minimum atomic E-state index is -3.52. The molecule has 0 aliphatic heterocycles. The lowest BCUT2D eigenvalue weighted by atomic mass is 10.3. The first kappa shape index (κ1) is 14.9. The van der Waals surface area contributed by atoms with Gasteiger partial charge in [-0.25, -0.2) is 8.42 Å². The summed E-state index contributed by atoms with van der Waals surface area (Å²) in [6.45, 7) is 4.13. The molecule has 0 saturated carbocycles. The lowest BCUT2D eigenvalue weighted by molar-refractivity contribution is 0.190. The van der Waals surface area contributed by atoms with Crippen molar-refractivity contribution in [3.05, 3.63) is 30.3 Å². The van der Waals surface area contributed by atoms with Crippen LogP contribution in [0, 0.1) is 0 Å². The summed E-state index contributed by atoms with van der Waals surface area (Å²) >= 11 is 0. The second kappa shape index (κ2) is 6.72. The van der Waals surface area contributed by atoms with E-state index in [1.54, 1.807) is 30.3 Å². The molecule has 5 nitrogen and oxygen atoms in total. The number of rotatable bonds is 7. The summed E-state index contributed by atoms with van der Waals surface area (Å²) in [5, 5.41) is 12.6. The fourth-order valence-electron chi connectivity index (χ4n) is 1.41. The average Bonchev–Trinajstić information content (AvgIpc) is 2.26. The standard InChI is InChI=1S/C12H20N2O3S/c1-10(2)13-8-12(15)9-18(16,17)14-11-6-4-3-5-7-11/h3-7,10,12-15H,8-9H2,1-2H3. The van der Waals surface area contributed by atoms with Crippen molar-refractivity contribution in [2.45, 2.75) is 26.0 Å². The third-order valence-corrected chi connectivity index (χ3v) is 3.59. The highest BCUT2D eigenvalue weighted by atomic mass is 32.2. The van der Waals surface area contributed by atoms with Gasteiger partial charge >= 0.3 is 0 Å². The van der Waals surface area contributed by atoms with Gasteiger partial charge in [0.25, 0.3) is 0 Å². The van der Waals surface area contributed by atoms with Crippen LogP contribution in [0.25, 0.3) is 0 Å². The lowest BCUT2D eigenvalue weighted by Crippen LogP contribution is -2.37. The number of anilines is 1. The third-order valence-electron chi connectivity index (χ3n) is 2.22. The Balaban J connectivity index is 2.49. The van der Waals surface area contributed by atoms with Gasteiger partial charge in [0.05, 0.1) is 11.9 Å². The predicted molar refractivity (Wildman–Crippen MR) is 73.0 cm³/mol. The maximum atomic E-state index is 11.8. The van der Waals surface area contributed by atoms with Crippen molar-refractivity contribution in [3.8, 4) is 0 Å². The quantitative estimate of drug-likeness (QED) is 0.685. The van der Waals surface area contributed by atoms with E-state index in [2.05, 4.69) is 10.0 Å². The molecule has 0 aliphatic rings. The molecule has 18 heavy (non-hydrogen) atoms. The number of benzene rings is 1. The first-order valence-electron chi connectivity index (χ1n) is 5.86. The Morgan fingerprint density at radius 2 is 1.83 bits per heavy atom. The molecule has 0 saturated heterocycles. The Morgan fingerprint density at radius 1 is 1.22 bits per heavy atom. The molecule has 0 aliphatic carbocycles. The zero-order chi connectivity index (χ0) is 13.6. The summed E-state index contributed by atoms with van der Waals surface area (Å²) in [7, 11) is -3.52. The molecule has 1 aromatic rings. The summed E-state index contributed by atoms with van der Waals surface area (Å²) < 4.78 is 25.9. The molecule has 0 spiro atoms. The summed E-state index contributed by atoms with van der Waals surface area (Å²) in [5.74, 6) is -0.318. The van der Waals surface area contributed by atoms with E-state index in [-0.39, 0.29) is 18.3 Å². The van der Waals surface area contributed by atoms with Gasteiger partial charge in [0.1, 0.15) is 0 Å². The zero-order valence-corrected chi connectivity index (χ0v) is 11.4. The summed E-state index contributed by atoms with van der Waals surface area (Å²) in [4.78, 5) is 0. The van der Waals surface area contributed by atoms with E-state index in [4.69, 9.17) is 0 Å². The highest BCUT2D eigenvalue weighted by molar-refractivity contribution is 7.92. The second-order valence-corrected chi connectivity index (χ2v) is 6.23. The number of para-hydroxylation sites is 1. The lowest BCUT2D eigenvalue weighted by Gasteiger charge is -2.15. The van der Waals surface area contributed by atoms with Gasteiger partial charge in [-0.2, -0.15) is 0 Å². The Kier molecular flexibility index (Phi) is 5.58. The fraction of sp³-hybridized carbons (Fsp3) is 0.500. The number of sulfonamides is 1. The van der Waals surface area contributed by atoms with Crippen molar-refractivity contribution in [3.63, 3.8) is 0 Å². The molecule has 0 aromatic heterocycles. The van der Waals surface area contributed by atoms with Gasteiger partial charge in [0.15, 0.2) is 0 Å². The van der Waals surface area contributed by atoms with E-state index >= 15 is 0 Å². The highest BCUT2D eigenvalue weighted by Gasteiger charge is 2.17. The Hall–Kier alpha value is -1.11. The number of hydrogen-bond donors (Lipinski definition) is 3. The van der Waals surface area contributed by atoms with Crippen LogP contribution in [0.2, 0.25) is 0 Å². The monoisotopic (exact) mass is 272 g/mol. The first-order valence-corrected chi connectivity index (χ1v) is 7.51. The molecular weight excluding hydrogens is 252 g/mol. The van der Waals surface area contributed by atoms with Crippen LogP contribution in [0.3, 0.4) is 0 Å². The largest absolute Gasteiger partial charge is 0.391 e. The van der Waals surface area contributed by atoms with Crippen molar-refractivity contribution in [2.75, 3.05) is 17.0 Å². The van der Waals surface area contributed by atoms with Crippen molar-refractivity contribution in [1.29, 1.82) is 0 Å². The van der Waals surface area contributed by atoms with Crippen LogP contribution in [0.5, 0.6) is 0 Å². The maximum absolute atomic E-state index is 11.8. The maximum Gasteiger partial charge on any atom is 0.235 e. The molecule has 0 fully saturated rings. The first-order chi connectivity index (χ1) is 8.39. The summed E-state index contributed by atoms with van der Waals surface area (Å²) in [6.07, 6.45) is -0.923. The van der Waals surface area contributed by atoms with Crippen LogP contribution >= 0.6 is 0 Å².